The Morgan fingerprint density at radius 1 is 0.981 bits per heavy atom. The quantitative estimate of drug-likeness (QED) is 0.125. The number of hydrogen-bond donors (Lipinski definition) is 3. The number of nitrogens with zero attached hydrogens (tertiary/aromatic N) is 2. The van der Waals surface area contributed by atoms with Crippen LogP contribution < -0.4 is 16.2 Å². The predicted octanol–water partition coefficient (Wildman–Crippen LogP) is 5.78. The highest BCUT2D eigenvalue weighted by Crippen LogP contribution is 2.42. The molecule has 0 bridgehead atoms. The zero-order valence-electron chi connectivity index (χ0n) is 29.7. The highest BCUT2D eigenvalue weighted by Gasteiger charge is 2.40. The number of sulfonamides is 1. The molecule has 0 aliphatic carbocycles. The zero-order chi connectivity index (χ0) is 39.8. The van der Waals surface area contributed by atoms with Crippen molar-refractivity contribution >= 4 is 33.6 Å². The number of nitrogens with one attached hydrogen (secondary N) is 1. The lowest BCUT2D eigenvalue weighted by Crippen LogP contribution is -2.35. The number of aromatic nitrogens is 2. The number of halogens is 4. The van der Waals surface area contributed by atoms with Crippen LogP contribution in [-0.2, 0) is 40.0 Å². The summed E-state index contributed by atoms with van der Waals surface area (Å²) in [7, 11) is -2.60. The van der Waals surface area contributed by atoms with Gasteiger partial charge in [0.25, 0.3) is 0 Å². The van der Waals surface area contributed by atoms with E-state index in [1.165, 1.54) is 31.4 Å². The van der Waals surface area contributed by atoms with Crippen LogP contribution in [0.15, 0.2) is 106 Å². The van der Waals surface area contributed by atoms with Crippen LogP contribution in [0.4, 0.5) is 13.2 Å². The number of nitrogens with two attached hydrogens (primary N) is 2. The third kappa shape index (κ3) is 9.95. The number of carbonyl (C=O) groups is 2. The molecule has 1 aliphatic rings. The highest BCUT2D eigenvalue weighted by molar-refractivity contribution is 7.89. The topological polar surface area (TPSA) is 178 Å². The van der Waals surface area contributed by atoms with Crippen molar-refractivity contribution < 1.29 is 45.4 Å². The molecule has 4 aromatic rings. The number of primary sulfonamides is 1. The molecule has 12 nitrogen and oxygen atoms in total. The third-order valence-corrected chi connectivity index (χ3v) is 9.30. The van der Waals surface area contributed by atoms with Crippen LogP contribution in [0.1, 0.15) is 36.6 Å². The first-order valence-electron chi connectivity index (χ1n) is 16.4. The second-order valence-corrected chi connectivity index (χ2v) is 13.8. The van der Waals surface area contributed by atoms with Gasteiger partial charge in [-0.05, 0) is 62.7 Å². The van der Waals surface area contributed by atoms with Gasteiger partial charge in [-0.3, -0.25) is 0 Å². The zero-order valence-corrected chi connectivity index (χ0v) is 31.3. The number of hydrogen-bond acceptors (Lipinski definition) is 10. The molecule has 288 valence electrons. The van der Waals surface area contributed by atoms with Crippen molar-refractivity contribution in [3.63, 3.8) is 0 Å². The second-order valence-electron chi connectivity index (χ2n) is 11.8. The van der Waals surface area contributed by atoms with Crippen molar-refractivity contribution in [2.24, 2.45) is 10.9 Å². The lowest BCUT2D eigenvalue weighted by atomic mass is 9.80. The fourth-order valence-corrected chi connectivity index (χ4v) is 6.30. The monoisotopic (exact) mass is 789 g/mol. The minimum atomic E-state index is -4.61. The molecule has 0 saturated heterocycles. The fourth-order valence-electron chi connectivity index (χ4n) is 5.54. The summed E-state index contributed by atoms with van der Waals surface area (Å²) in [6.45, 7) is 6.28. The lowest BCUT2D eigenvalue weighted by molar-refractivity contribution is -0.141. The van der Waals surface area contributed by atoms with Gasteiger partial charge < -0.3 is 25.3 Å². The van der Waals surface area contributed by atoms with Gasteiger partial charge in [0.2, 0.25) is 10.0 Å². The van der Waals surface area contributed by atoms with Crippen molar-refractivity contribution in [3.05, 3.63) is 123 Å². The largest absolute Gasteiger partial charge is 0.466 e. The van der Waals surface area contributed by atoms with Gasteiger partial charge in [0.05, 0.1) is 66.0 Å². The number of carbonyl (C=O) groups excluding carboxylic acids is 2. The van der Waals surface area contributed by atoms with Crippen molar-refractivity contribution in [3.8, 4) is 16.9 Å². The molecule has 2 heterocycles. The summed E-state index contributed by atoms with van der Waals surface area (Å²) >= 11 is 6.42. The third-order valence-electron chi connectivity index (χ3n) is 8.03. The van der Waals surface area contributed by atoms with Gasteiger partial charge in [0.15, 0.2) is 5.69 Å². The van der Waals surface area contributed by atoms with Gasteiger partial charge in [-0.2, -0.15) is 18.3 Å². The van der Waals surface area contributed by atoms with Gasteiger partial charge in [-0.15, -0.1) is 0 Å². The van der Waals surface area contributed by atoms with Gasteiger partial charge >= 0.3 is 18.1 Å². The lowest BCUT2D eigenvalue weighted by Gasteiger charge is -2.31. The summed E-state index contributed by atoms with van der Waals surface area (Å²) in [6.07, 6.45) is -4.61. The predicted molar refractivity (Wildman–Crippen MR) is 196 cm³/mol. The first kappa shape index (κ1) is 41.8. The fraction of sp³-hybridized carbons (Fsp3) is 0.270. The minimum Gasteiger partial charge on any atom is -0.466 e. The van der Waals surface area contributed by atoms with Crippen LogP contribution >= 0.6 is 11.6 Å². The summed E-state index contributed by atoms with van der Waals surface area (Å²) in [5, 5.41) is 12.2. The van der Waals surface area contributed by atoms with Gasteiger partial charge in [-0.25, -0.2) is 27.8 Å². The Morgan fingerprint density at radius 2 is 1.63 bits per heavy atom. The standard InChI is InChI=1S/C20H25ClN2O5.C17H14F3N3O2S/c1-4-28-20(25)18-15(11-27-10-9-22)23-12(2)16(19(24)26-3)17(18)13-7-5-6-8-14(13)21;1-11-2-4-12(5-3-11)15-10-16(17(18,19)20)22-23(15)13-6-8-14(9-7-13)26(21,24)25/h5-8,17,23H,4,9-11,22H2,1-3H3;2-10H,1H3,(H2,21,24,25). The SMILES string of the molecule is CCOC(=O)C1=C(COCCN)NC(C)=C(C(=O)OC)C1c1ccccc1Cl.Cc1ccc(-c2cc(C(F)(F)F)nn2-c2ccc(S(N)(=O)=O)cc2)cc1. The first-order chi connectivity index (χ1) is 25.5. The summed E-state index contributed by atoms with van der Waals surface area (Å²) < 4.78 is 79.0. The molecule has 0 spiro atoms. The molecule has 1 aromatic heterocycles. The van der Waals surface area contributed by atoms with Crippen LogP contribution in [0.2, 0.25) is 5.02 Å². The highest BCUT2D eigenvalue weighted by atomic mass is 35.5. The molecule has 3 aromatic carbocycles. The van der Waals surface area contributed by atoms with E-state index in [1.807, 2.05) is 6.92 Å². The van der Waals surface area contributed by atoms with Crippen LogP contribution in [0.25, 0.3) is 16.9 Å². The number of dihydropyridines is 1. The molecule has 0 saturated carbocycles. The molecule has 0 amide bonds. The van der Waals surface area contributed by atoms with E-state index in [-0.39, 0.29) is 35.1 Å². The number of alkyl halides is 3. The van der Waals surface area contributed by atoms with E-state index in [0.29, 0.717) is 46.3 Å². The van der Waals surface area contributed by atoms with Crippen molar-refractivity contribution in [2.75, 3.05) is 33.5 Å². The molecule has 1 unspecified atom stereocenters. The molecular weight excluding hydrogens is 751 g/mol. The molecule has 1 aliphatic heterocycles. The number of methoxy groups -OCH3 is 1. The molecule has 17 heteroatoms. The Hall–Kier alpha value is -5.00. The van der Waals surface area contributed by atoms with E-state index in [9.17, 15) is 31.2 Å². The van der Waals surface area contributed by atoms with Gasteiger partial charge in [0.1, 0.15) is 0 Å². The van der Waals surface area contributed by atoms with Gasteiger partial charge in [0, 0.05) is 22.8 Å². The molecule has 0 fully saturated rings. The number of ether oxygens (including phenoxy) is 3. The molecule has 0 radical (unpaired) electrons. The number of esters is 2. The van der Waals surface area contributed by atoms with Crippen LogP contribution in [0.3, 0.4) is 0 Å². The number of benzene rings is 3. The maximum absolute atomic E-state index is 13.1. The maximum atomic E-state index is 13.1. The Morgan fingerprint density at radius 3 is 2.19 bits per heavy atom. The van der Waals surface area contributed by atoms with Crippen molar-refractivity contribution in [1.29, 1.82) is 0 Å². The molecule has 5 rings (SSSR count). The van der Waals surface area contributed by atoms with Gasteiger partial charge in [-0.1, -0.05) is 59.6 Å². The van der Waals surface area contributed by atoms with E-state index in [2.05, 4.69) is 10.4 Å². The number of aryl methyl sites for hydroxylation is 1. The Bertz CT molecular complexity index is 2150. The maximum Gasteiger partial charge on any atom is 0.435 e. The smallest absolute Gasteiger partial charge is 0.435 e. The van der Waals surface area contributed by atoms with Crippen molar-refractivity contribution in [1.82, 2.24) is 15.1 Å². The van der Waals surface area contributed by atoms with Crippen LogP contribution in [0, 0.1) is 6.92 Å². The molecule has 5 N–H and O–H groups in total. The average Bonchev–Trinajstić information content (AvgIpc) is 3.58. The summed E-state index contributed by atoms with van der Waals surface area (Å²) in [4.78, 5) is 25.3. The molecule has 1 atom stereocenters. The van der Waals surface area contributed by atoms with E-state index in [0.717, 1.165) is 16.3 Å². The number of allylic oxidation sites excluding steroid dienone is 1. The Kier molecular flexibility index (Phi) is 13.8. The summed E-state index contributed by atoms with van der Waals surface area (Å²) in [6, 6.07) is 20.1. The number of rotatable bonds is 11. The Labute approximate surface area is 315 Å². The van der Waals surface area contributed by atoms with E-state index >= 15 is 0 Å². The van der Waals surface area contributed by atoms with E-state index < -0.39 is 39.8 Å². The van der Waals surface area contributed by atoms with Crippen LogP contribution in [-0.4, -0.2) is 63.6 Å². The molecular formula is C37H39ClF3N5O7S. The summed E-state index contributed by atoms with van der Waals surface area (Å²) in [5.74, 6) is -1.86. The van der Waals surface area contributed by atoms with E-state index in [1.54, 1.807) is 62.4 Å². The first-order valence-corrected chi connectivity index (χ1v) is 18.3. The van der Waals surface area contributed by atoms with E-state index in [4.69, 9.17) is 36.7 Å². The minimum absolute atomic E-state index is 0.109. The molecule has 54 heavy (non-hydrogen) atoms. The van der Waals surface area contributed by atoms with Crippen molar-refractivity contribution in [2.45, 2.75) is 37.8 Å². The average molecular weight is 790 g/mol. The summed E-state index contributed by atoms with van der Waals surface area (Å²) in [5.41, 5.74) is 8.70. The Balaban J connectivity index is 0.000000241. The normalized spacial score (nSPS) is 14.6. The second kappa shape index (κ2) is 17.9. The van der Waals surface area contributed by atoms with Crippen LogP contribution in [0.5, 0.6) is 0 Å².